The van der Waals surface area contributed by atoms with Crippen molar-refractivity contribution in [3.05, 3.63) is 33.2 Å². The summed E-state index contributed by atoms with van der Waals surface area (Å²) in [6, 6.07) is -0.143. The van der Waals surface area contributed by atoms with Gasteiger partial charge in [0.1, 0.15) is 0 Å². The number of fused-ring (bicyclic) bond motifs is 1. The average Bonchev–Trinajstić information content (AvgIpc) is 2.60. The van der Waals surface area contributed by atoms with Crippen molar-refractivity contribution in [3.63, 3.8) is 0 Å². The Kier molecular flexibility index (Phi) is 3.80. The summed E-state index contributed by atoms with van der Waals surface area (Å²) in [6.45, 7) is 11.1. The molecule has 0 saturated carbocycles. The molecule has 0 saturated heterocycles. The fraction of sp³-hybridized carbons (Fsp3) is 0.562. The van der Waals surface area contributed by atoms with Gasteiger partial charge in [-0.2, -0.15) is 0 Å². The Morgan fingerprint density at radius 2 is 1.95 bits per heavy atom. The molecule has 0 aromatic rings. The summed E-state index contributed by atoms with van der Waals surface area (Å²) in [5.74, 6) is 0. The Bertz CT molecular complexity index is 533. The van der Waals surface area contributed by atoms with Crippen molar-refractivity contribution in [3.8, 4) is 0 Å². The molecule has 3 nitrogen and oxygen atoms in total. The number of carbonyl (C=O) groups is 1. The van der Waals surface area contributed by atoms with Crippen molar-refractivity contribution >= 4 is 17.8 Å². The number of rotatable bonds is 1. The van der Waals surface area contributed by atoms with Gasteiger partial charge in [-0.1, -0.05) is 34.6 Å². The molecule has 1 heterocycles. The van der Waals surface area contributed by atoms with E-state index in [9.17, 15) is 4.79 Å². The molecule has 2 aliphatic rings. The van der Waals surface area contributed by atoms with Crippen molar-refractivity contribution in [2.45, 2.75) is 41.0 Å². The summed E-state index contributed by atoms with van der Waals surface area (Å²) in [5, 5.41) is 10.1. The monoisotopic (exact) mass is 292 g/mol. The number of urea groups is 1. The summed E-state index contributed by atoms with van der Waals surface area (Å²) in [7, 11) is 1.65. The number of thioether (sulfide) groups is 1. The normalized spacial score (nSPS) is 21.1. The van der Waals surface area contributed by atoms with Crippen LogP contribution < -0.4 is 10.6 Å². The van der Waals surface area contributed by atoms with E-state index >= 15 is 0 Å². The van der Waals surface area contributed by atoms with Crippen molar-refractivity contribution < 1.29 is 4.79 Å². The Morgan fingerprint density at radius 1 is 1.30 bits per heavy atom. The van der Waals surface area contributed by atoms with E-state index in [1.165, 1.54) is 16.7 Å². The topological polar surface area (TPSA) is 41.1 Å². The van der Waals surface area contributed by atoms with Crippen LogP contribution in [0.25, 0.3) is 0 Å². The van der Waals surface area contributed by atoms with Crippen LogP contribution in [0.2, 0.25) is 0 Å². The molecule has 2 amide bonds. The van der Waals surface area contributed by atoms with Gasteiger partial charge in [0.2, 0.25) is 0 Å². The molecule has 0 atom stereocenters. The first-order valence-corrected chi connectivity index (χ1v) is 7.90. The largest absolute Gasteiger partial charge is 0.341 e. The fourth-order valence-corrected chi connectivity index (χ4v) is 3.99. The number of hydrogen-bond acceptors (Lipinski definition) is 2. The van der Waals surface area contributed by atoms with E-state index in [4.69, 9.17) is 0 Å². The highest BCUT2D eigenvalue weighted by atomic mass is 32.2. The molecule has 20 heavy (non-hydrogen) atoms. The minimum Gasteiger partial charge on any atom is -0.341 e. The van der Waals surface area contributed by atoms with Gasteiger partial charge in [-0.15, -0.1) is 11.8 Å². The molecule has 0 spiro atoms. The maximum atomic E-state index is 11.7. The molecular formula is C16H24N2OS. The number of nitrogens with one attached hydrogen (secondary N) is 2. The van der Waals surface area contributed by atoms with Crippen LogP contribution in [0, 0.1) is 10.8 Å². The summed E-state index contributed by atoms with van der Waals surface area (Å²) in [5.41, 5.74) is 5.09. The van der Waals surface area contributed by atoms with Crippen LogP contribution in [0.1, 0.15) is 41.0 Å². The third-order valence-corrected chi connectivity index (χ3v) is 4.60. The molecule has 0 aromatic carbocycles. The second-order valence-electron chi connectivity index (χ2n) is 7.07. The Hall–Kier alpha value is -1.16. The minimum absolute atomic E-state index is 0.0673. The van der Waals surface area contributed by atoms with E-state index in [0.717, 1.165) is 12.1 Å². The van der Waals surface area contributed by atoms with Crippen molar-refractivity contribution in [2.75, 3.05) is 7.05 Å². The Balaban J connectivity index is 2.49. The molecule has 0 bridgehead atoms. The summed E-state index contributed by atoms with van der Waals surface area (Å²) in [4.78, 5) is 11.7. The standard InChI is InChI=1S/C16H24N2OS/c1-15(2,3)10-8-20-9-11-13(10)12(7-16(11,4)5)18-14(19)17-6/h8-9H,7H2,1-6H3,(H2,17,18,19). The number of amides is 2. The molecule has 0 fully saturated rings. The first kappa shape index (κ1) is 15.2. The van der Waals surface area contributed by atoms with Crippen LogP contribution in [-0.2, 0) is 0 Å². The van der Waals surface area contributed by atoms with Gasteiger partial charge in [-0.05, 0) is 39.2 Å². The van der Waals surface area contributed by atoms with Gasteiger partial charge in [-0.25, -0.2) is 4.79 Å². The van der Waals surface area contributed by atoms with Crippen LogP contribution in [0.4, 0.5) is 4.79 Å². The SMILES string of the molecule is CNC(=O)NC1=C2C(C(C)(C)C)=CSC=C2C(C)(C)C1. The fourth-order valence-electron chi connectivity index (χ4n) is 2.74. The highest BCUT2D eigenvalue weighted by molar-refractivity contribution is 8.05. The Labute approximate surface area is 126 Å². The maximum Gasteiger partial charge on any atom is 0.318 e. The molecule has 0 aromatic heterocycles. The van der Waals surface area contributed by atoms with Crippen LogP contribution in [0.3, 0.4) is 0 Å². The van der Waals surface area contributed by atoms with Crippen LogP contribution in [-0.4, -0.2) is 13.1 Å². The number of hydrogen-bond donors (Lipinski definition) is 2. The number of carbonyl (C=O) groups excluding carboxylic acids is 1. The molecule has 0 unspecified atom stereocenters. The quantitative estimate of drug-likeness (QED) is 0.762. The van der Waals surface area contributed by atoms with Crippen LogP contribution in [0.15, 0.2) is 33.2 Å². The Morgan fingerprint density at radius 3 is 2.50 bits per heavy atom. The van der Waals surface area contributed by atoms with Gasteiger partial charge < -0.3 is 10.6 Å². The van der Waals surface area contributed by atoms with Gasteiger partial charge in [0.05, 0.1) is 0 Å². The minimum atomic E-state index is -0.143. The second-order valence-corrected chi connectivity index (χ2v) is 7.81. The molecule has 2 rings (SSSR count). The average molecular weight is 292 g/mol. The van der Waals surface area contributed by atoms with E-state index in [0.29, 0.717) is 0 Å². The first-order valence-electron chi connectivity index (χ1n) is 6.96. The highest BCUT2D eigenvalue weighted by Crippen LogP contribution is 2.54. The van der Waals surface area contributed by atoms with E-state index < -0.39 is 0 Å². The third-order valence-electron chi connectivity index (χ3n) is 3.86. The summed E-state index contributed by atoms with van der Waals surface area (Å²) >= 11 is 1.75. The molecule has 1 aliphatic carbocycles. The predicted molar refractivity (Wildman–Crippen MR) is 86.2 cm³/mol. The molecular weight excluding hydrogens is 268 g/mol. The third kappa shape index (κ3) is 2.66. The smallest absolute Gasteiger partial charge is 0.318 e. The van der Waals surface area contributed by atoms with Crippen molar-refractivity contribution in [1.29, 1.82) is 0 Å². The second kappa shape index (κ2) is 4.99. The molecule has 2 N–H and O–H groups in total. The zero-order chi connectivity index (χ0) is 15.1. The van der Waals surface area contributed by atoms with Gasteiger partial charge in [0.25, 0.3) is 0 Å². The van der Waals surface area contributed by atoms with Crippen molar-refractivity contribution in [1.82, 2.24) is 10.6 Å². The van der Waals surface area contributed by atoms with Gasteiger partial charge in [0, 0.05) is 18.3 Å². The maximum absolute atomic E-state index is 11.7. The lowest BCUT2D eigenvalue weighted by atomic mass is 9.77. The molecule has 4 heteroatoms. The van der Waals surface area contributed by atoms with E-state index in [1.807, 2.05) is 0 Å². The van der Waals surface area contributed by atoms with Gasteiger partial charge in [-0.3, -0.25) is 0 Å². The lowest BCUT2D eigenvalue weighted by Gasteiger charge is -2.31. The van der Waals surface area contributed by atoms with Crippen LogP contribution in [0.5, 0.6) is 0 Å². The lowest BCUT2D eigenvalue weighted by molar-refractivity contribution is 0.244. The summed E-state index contributed by atoms with van der Waals surface area (Å²) in [6.07, 6.45) is 0.871. The molecule has 1 aliphatic heterocycles. The molecule has 110 valence electrons. The van der Waals surface area contributed by atoms with E-state index in [1.54, 1.807) is 18.8 Å². The number of allylic oxidation sites excluding steroid dienone is 4. The first-order chi connectivity index (χ1) is 9.16. The molecule has 0 radical (unpaired) electrons. The van der Waals surface area contributed by atoms with Gasteiger partial charge in [0.15, 0.2) is 0 Å². The van der Waals surface area contributed by atoms with Crippen LogP contribution >= 0.6 is 11.8 Å². The zero-order valence-corrected chi connectivity index (χ0v) is 14.0. The van der Waals surface area contributed by atoms with E-state index in [-0.39, 0.29) is 16.9 Å². The zero-order valence-electron chi connectivity index (χ0n) is 13.2. The van der Waals surface area contributed by atoms with Crippen molar-refractivity contribution in [2.24, 2.45) is 10.8 Å². The highest BCUT2D eigenvalue weighted by Gasteiger charge is 2.41. The van der Waals surface area contributed by atoms with E-state index in [2.05, 4.69) is 56.1 Å². The summed E-state index contributed by atoms with van der Waals surface area (Å²) < 4.78 is 0. The van der Waals surface area contributed by atoms with Gasteiger partial charge >= 0.3 is 6.03 Å². The lowest BCUT2D eigenvalue weighted by Crippen LogP contribution is -2.32. The predicted octanol–water partition coefficient (Wildman–Crippen LogP) is 4.16.